The number of esters is 1. The SMILES string of the molecule is Cc1nc(-c2cccc(NC(=O)COC(=O)CSc3nc4ccccc4s3)c2)cs1. The van der Waals surface area contributed by atoms with Crippen molar-refractivity contribution < 1.29 is 14.3 Å². The first kappa shape index (κ1) is 20.5. The van der Waals surface area contributed by atoms with Gasteiger partial charge in [0, 0.05) is 16.6 Å². The number of para-hydroxylation sites is 1. The van der Waals surface area contributed by atoms with Gasteiger partial charge < -0.3 is 10.1 Å². The smallest absolute Gasteiger partial charge is 0.316 e. The Kier molecular flexibility index (Phi) is 6.41. The van der Waals surface area contributed by atoms with Gasteiger partial charge in [0.1, 0.15) is 0 Å². The molecule has 0 fully saturated rings. The molecule has 1 N–H and O–H groups in total. The fourth-order valence-corrected chi connectivity index (χ4v) is 5.16. The maximum absolute atomic E-state index is 12.1. The van der Waals surface area contributed by atoms with Crippen molar-refractivity contribution in [2.24, 2.45) is 0 Å². The molecule has 2 heterocycles. The van der Waals surface area contributed by atoms with Crippen molar-refractivity contribution >= 4 is 62.2 Å². The van der Waals surface area contributed by atoms with Crippen molar-refractivity contribution in [2.45, 2.75) is 11.3 Å². The highest BCUT2D eigenvalue weighted by Crippen LogP contribution is 2.29. The molecule has 0 radical (unpaired) electrons. The number of thioether (sulfide) groups is 1. The second-order valence-corrected chi connectivity index (χ2v) is 9.59. The van der Waals surface area contributed by atoms with Crippen LogP contribution in [0.3, 0.4) is 0 Å². The van der Waals surface area contributed by atoms with Gasteiger partial charge in [0.05, 0.1) is 26.7 Å². The lowest BCUT2D eigenvalue weighted by Gasteiger charge is -2.07. The lowest BCUT2D eigenvalue weighted by molar-refractivity contribution is -0.144. The fraction of sp³-hybridized carbons (Fsp3) is 0.143. The van der Waals surface area contributed by atoms with Gasteiger partial charge in [-0.15, -0.1) is 22.7 Å². The van der Waals surface area contributed by atoms with Gasteiger partial charge in [-0.2, -0.15) is 0 Å². The number of carbonyl (C=O) groups excluding carboxylic acids is 2. The molecule has 0 aliphatic carbocycles. The summed E-state index contributed by atoms with van der Waals surface area (Å²) >= 11 is 4.41. The molecule has 0 atom stereocenters. The Bertz CT molecular complexity index is 1170. The van der Waals surface area contributed by atoms with Gasteiger partial charge in [-0.1, -0.05) is 36.0 Å². The van der Waals surface area contributed by atoms with Crippen LogP contribution in [0.25, 0.3) is 21.5 Å². The lowest BCUT2D eigenvalue weighted by Crippen LogP contribution is -2.21. The van der Waals surface area contributed by atoms with E-state index in [0.717, 1.165) is 30.8 Å². The average molecular weight is 456 g/mol. The van der Waals surface area contributed by atoms with Crippen LogP contribution in [0.2, 0.25) is 0 Å². The van der Waals surface area contributed by atoms with Crippen LogP contribution < -0.4 is 5.32 Å². The molecule has 4 aromatic rings. The minimum absolute atomic E-state index is 0.103. The van der Waals surface area contributed by atoms with Crippen molar-refractivity contribution in [3.05, 3.63) is 58.9 Å². The van der Waals surface area contributed by atoms with Crippen LogP contribution in [0.5, 0.6) is 0 Å². The molecule has 4 rings (SSSR count). The molecule has 2 aromatic carbocycles. The number of carbonyl (C=O) groups is 2. The van der Waals surface area contributed by atoms with E-state index in [0.29, 0.717) is 5.69 Å². The molecule has 2 aromatic heterocycles. The third-order valence-corrected chi connectivity index (χ3v) is 6.94. The van der Waals surface area contributed by atoms with Crippen molar-refractivity contribution in [1.82, 2.24) is 9.97 Å². The summed E-state index contributed by atoms with van der Waals surface area (Å²) in [7, 11) is 0. The minimum Gasteiger partial charge on any atom is -0.455 e. The number of rotatable bonds is 7. The number of thiazole rings is 2. The largest absolute Gasteiger partial charge is 0.455 e. The van der Waals surface area contributed by atoms with Crippen molar-refractivity contribution in [2.75, 3.05) is 17.7 Å². The second-order valence-electron chi connectivity index (χ2n) is 6.28. The highest BCUT2D eigenvalue weighted by atomic mass is 32.2. The number of anilines is 1. The number of hydrogen-bond acceptors (Lipinski definition) is 8. The number of aromatic nitrogens is 2. The van der Waals surface area contributed by atoms with Crippen LogP contribution in [0.4, 0.5) is 5.69 Å². The van der Waals surface area contributed by atoms with E-state index in [2.05, 4.69) is 15.3 Å². The minimum atomic E-state index is -0.457. The molecule has 6 nitrogen and oxygen atoms in total. The van der Waals surface area contributed by atoms with Crippen LogP contribution in [0.1, 0.15) is 5.01 Å². The number of nitrogens with one attached hydrogen (secondary N) is 1. The maximum Gasteiger partial charge on any atom is 0.316 e. The van der Waals surface area contributed by atoms with Crippen LogP contribution in [-0.4, -0.2) is 34.2 Å². The van der Waals surface area contributed by atoms with Gasteiger partial charge in [0.2, 0.25) is 0 Å². The van der Waals surface area contributed by atoms with Gasteiger partial charge in [0.25, 0.3) is 5.91 Å². The summed E-state index contributed by atoms with van der Waals surface area (Å²) in [5.41, 5.74) is 3.32. The first-order valence-electron chi connectivity index (χ1n) is 9.03. The predicted octanol–water partition coefficient (Wildman–Crippen LogP) is 5.00. The molecule has 152 valence electrons. The third kappa shape index (κ3) is 5.24. The van der Waals surface area contributed by atoms with Crippen molar-refractivity contribution in [3.63, 3.8) is 0 Å². The number of benzene rings is 2. The zero-order valence-corrected chi connectivity index (χ0v) is 18.4. The summed E-state index contributed by atoms with van der Waals surface area (Å²) in [5, 5.41) is 5.70. The van der Waals surface area contributed by atoms with Crippen LogP contribution in [-0.2, 0) is 14.3 Å². The molecule has 0 unspecified atom stereocenters. The summed E-state index contributed by atoms with van der Waals surface area (Å²) in [4.78, 5) is 33.0. The van der Waals surface area contributed by atoms with E-state index in [1.807, 2.05) is 54.8 Å². The normalized spacial score (nSPS) is 10.8. The van der Waals surface area contributed by atoms with E-state index in [4.69, 9.17) is 4.74 Å². The van der Waals surface area contributed by atoms with Gasteiger partial charge in [-0.25, -0.2) is 9.97 Å². The lowest BCUT2D eigenvalue weighted by atomic mass is 10.1. The van der Waals surface area contributed by atoms with Crippen molar-refractivity contribution in [1.29, 1.82) is 0 Å². The average Bonchev–Trinajstić information content (AvgIpc) is 3.36. The van der Waals surface area contributed by atoms with Crippen LogP contribution in [0, 0.1) is 6.92 Å². The van der Waals surface area contributed by atoms with Gasteiger partial charge in [-0.3, -0.25) is 9.59 Å². The molecular weight excluding hydrogens is 438 g/mol. The Labute approximate surface area is 185 Å². The van der Waals surface area contributed by atoms with E-state index in [1.54, 1.807) is 17.4 Å². The van der Waals surface area contributed by atoms with E-state index in [9.17, 15) is 9.59 Å². The quantitative estimate of drug-likeness (QED) is 0.312. The Morgan fingerprint density at radius 2 is 2.00 bits per heavy atom. The Morgan fingerprint density at radius 3 is 2.80 bits per heavy atom. The first-order valence-corrected chi connectivity index (χ1v) is 11.7. The Balaban J connectivity index is 1.25. The highest BCUT2D eigenvalue weighted by Gasteiger charge is 2.11. The molecule has 0 saturated carbocycles. The molecule has 1 amide bonds. The van der Waals surface area contributed by atoms with Crippen molar-refractivity contribution in [3.8, 4) is 11.3 Å². The number of hydrogen-bond donors (Lipinski definition) is 1. The zero-order valence-electron chi connectivity index (χ0n) is 16.0. The zero-order chi connectivity index (χ0) is 20.9. The molecule has 0 saturated heterocycles. The van der Waals surface area contributed by atoms with E-state index in [1.165, 1.54) is 23.1 Å². The molecule has 0 bridgehead atoms. The number of aryl methyl sites for hydroxylation is 1. The number of ether oxygens (including phenoxy) is 1. The topological polar surface area (TPSA) is 81.2 Å². The molecule has 0 aliphatic heterocycles. The van der Waals surface area contributed by atoms with Crippen LogP contribution >= 0.6 is 34.4 Å². The van der Waals surface area contributed by atoms with E-state index in [-0.39, 0.29) is 18.3 Å². The highest BCUT2D eigenvalue weighted by molar-refractivity contribution is 8.01. The summed E-state index contributed by atoms with van der Waals surface area (Å²) in [6, 6.07) is 15.2. The standard InChI is InChI=1S/C21H17N3O3S3/c1-13-22-17(11-28-13)14-5-4-6-15(9-14)23-19(25)10-27-20(26)12-29-21-24-16-7-2-3-8-18(16)30-21/h2-9,11H,10,12H2,1H3,(H,23,25). The van der Waals surface area contributed by atoms with Gasteiger partial charge in [-0.05, 0) is 31.2 Å². The molecule has 30 heavy (non-hydrogen) atoms. The van der Waals surface area contributed by atoms with E-state index >= 15 is 0 Å². The summed E-state index contributed by atoms with van der Waals surface area (Å²) in [6.45, 7) is 1.61. The molecular formula is C21H17N3O3S3. The van der Waals surface area contributed by atoms with Gasteiger partial charge >= 0.3 is 5.97 Å². The third-order valence-electron chi connectivity index (χ3n) is 4.01. The Morgan fingerprint density at radius 1 is 1.13 bits per heavy atom. The van der Waals surface area contributed by atoms with Crippen LogP contribution in [0.15, 0.2) is 58.3 Å². The second kappa shape index (κ2) is 9.38. The van der Waals surface area contributed by atoms with E-state index < -0.39 is 5.97 Å². The molecule has 9 heteroatoms. The summed E-state index contributed by atoms with van der Waals surface area (Å²) in [6.07, 6.45) is 0. The molecule has 0 aliphatic rings. The number of amides is 1. The first-order chi connectivity index (χ1) is 14.6. The Hall–Kier alpha value is -2.75. The maximum atomic E-state index is 12.1. The predicted molar refractivity (Wildman–Crippen MR) is 122 cm³/mol. The summed E-state index contributed by atoms with van der Waals surface area (Å²) in [5.74, 6) is -0.743. The number of fused-ring (bicyclic) bond motifs is 1. The monoisotopic (exact) mass is 455 g/mol. The molecule has 0 spiro atoms. The fourth-order valence-electron chi connectivity index (χ4n) is 2.67. The number of nitrogens with zero attached hydrogens (tertiary/aromatic N) is 2. The summed E-state index contributed by atoms with van der Waals surface area (Å²) < 4.78 is 6.95. The van der Waals surface area contributed by atoms with Gasteiger partial charge in [0.15, 0.2) is 10.9 Å².